The van der Waals surface area contributed by atoms with Crippen molar-refractivity contribution in [3.63, 3.8) is 0 Å². The number of benzene rings is 1. The van der Waals surface area contributed by atoms with E-state index in [0.29, 0.717) is 16.7 Å². The van der Waals surface area contributed by atoms with Gasteiger partial charge in [0.25, 0.3) is 0 Å². The second-order valence-electron chi connectivity index (χ2n) is 4.86. The number of hydrogen-bond acceptors (Lipinski definition) is 2. The average molecular weight is 316 g/mol. The van der Waals surface area contributed by atoms with Gasteiger partial charge in [0, 0.05) is 10.5 Å². The van der Waals surface area contributed by atoms with Crippen LogP contribution in [0.3, 0.4) is 0 Å². The van der Waals surface area contributed by atoms with Gasteiger partial charge >= 0.3 is 0 Å². The molecule has 2 aliphatic carbocycles. The molecule has 0 radical (unpaired) electrons. The zero-order valence-corrected chi connectivity index (χ0v) is 11.7. The molecule has 0 spiro atoms. The molecule has 17 heavy (non-hydrogen) atoms. The number of fused-ring (bicyclic) bond motifs is 1. The lowest BCUT2D eigenvalue weighted by Gasteiger charge is -2.08. The predicted molar refractivity (Wildman–Crippen MR) is 69.1 cm³/mol. The van der Waals surface area contributed by atoms with E-state index in [1.807, 2.05) is 0 Å². The standard InChI is InChI=1S/C12H14BrNO2S/c13-8-4-6-9(7-5-8)17(15,16)14-12-10-2-1-3-11(10)12/h4-7,10-12,14H,1-3H2. The van der Waals surface area contributed by atoms with E-state index in [-0.39, 0.29) is 6.04 Å². The molecule has 2 fully saturated rings. The van der Waals surface area contributed by atoms with Crippen molar-refractivity contribution in [2.24, 2.45) is 11.8 Å². The Balaban J connectivity index is 1.75. The lowest BCUT2D eigenvalue weighted by molar-refractivity contribution is 0.563. The van der Waals surface area contributed by atoms with Gasteiger partial charge in [-0.05, 0) is 48.9 Å². The van der Waals surface area contributed by atoms with Crippen LogP contribution in [0.25, 0.3) is 0 Å². The highest BCUT2D eigenvalue weighted by molar-refractivity contribution is 9.10. The van der Waals surface area contributed by atoms with Crippen molar-refractivity contribution in [3.05, 3.63) is 28.7 Å². The smallest absolute Gasteiger partial charge is 0.207 e. The van der Waals surface area contributed by atoms with Crippen molar-refractivity contribution in [1.29, 1.82) is 0 Å². The summed E-state index contributed by atoms with van der Waals surface area (Å²) in [5.41, 5.74) is 0. The fourth-order valence-electron chi connectivity index (χ4n) is 2.86. The van der Waals surface area contributed by atoms with Gasteiger partial charge < -0.3 is 0 Å². The largest absolute Gasteiger partial charge is 0.240 e. The Labute approximate surface area is 110 Å². The third kappa shape index (κ3) is 2.16. The van der Waals surface area contributed by atoms with E-state index in [2.05, 4.69) is 20.7 Å². The molecule has 0 bridgehead atoms. The van der Waals surface area contributed by atoms with Gasteiger partial charge in [-0.1, -0.05) is 22.4 Å². The summed E-state index contributed by atoms with van der Waals surface area (Å²) in [5, 5.41) is 0. The van der Waals surface area contributed by atoms with Gasteiger partial charge in [0.2, 0.25) is 10.0 Å². The molecule has 2 saturated carbocycles. The molecule has 92 valence electrons. The minimum absolute atomic E-state index is 0.192. The van der Waals surface area contributed by atoms with Crippen molar-refractivity contribution in [2.75, 3.05) is 0 Å². The van der Waals surface area contributed by atoms with Crippen molar-refractivity contribution in [2.45, 2.75) is 30.2 Å². The van der Waals surface area contributed by atoms with Crippen LogP contribution in [-0.2, 0) is 10.0 Å². The van der Waals surface area contributed by atoms with Crippen molar-refractivity contribution >= 4 is 26.0 Å². The minimum atomic E-state index is -3.33. The third-order valence-electron chi connectivity index (χ3n) is 3.82. The third-order valence-corrected chi connectivity index (χ3v) is 5.83. The Bertz CT molecular complexity index is 516. The molecule has 0 aliphatic heterocycles. The lowest BCUT2D eigenvalue weighted by Crippen LogP contribution is -2.28. The summed E-state index contributed by atoms with van der Waals surface area (Å²) in [6.45, 7) is 0. The van der Waals surface area contributed by atoms with Gasteiger partial charge in [-0.15, -0.1) is 0 Å². The van der Waals surface area contributed by atoms with E-state index in [4.69, 9.17) is 0 Å². The van der Waals surface area contributed by atoms with Gasteiger partial charge in [0.1, 0.15) is 0 Å². The predicted octanol–water partition coefficient (Wildman–Crippen LogP) is 2.53. The molecule has 3 nitrogen and oxygen atoms in total. The van der Waals surface area contributed by atoms with E-state index in [1.165, 1.54) is 19.3 Å². The van der Waals surface area contributed by atoms with Crippen LogP contribution in [0.15, 0.2) is 33.6 Å². The van der Waals surface area contributed by atoms with Crippen molar-refractivity contribution in [3.8, 4) is 0 Å². The molecule has 1 aromatic rings. The summed E-state index contributed by atoms with van der Waals surface area (Å²) in [4.78, 5) is 0.352. The average Bonchev–Trinajstić information content (AvgIpc) is 2.75. The highest BCUT2D eigenvalue weighted by Gasteiger charge is 2.54. The topological polar surface area (TPSA) is 46.2 Å². The maximum Gasteiger partial charge on any atom is 0.240 e. The normalized spacial score (nSPS) is 31.2. The molecular formula is C12H14BrNO2S. The molecule has 1 aromatic carbocycles. The van der Waals surface area contributed by atoms with Crippen LogP contribution in [0, 0.1) is 11.8 Å². The molecule has 0 saturated heterocycles. The van der Waals surface area contributed by atoms with E-state index in [0.717, 1.165) is 4.47 Å². The van der Waals surface area contributed by atoms with Gasteiger partial charge in [0.15, 0.2) is 0 Å². The summed E-state index contributed by atoms with van der Waals surface area (Å²) in [6, 6.07) is 6.96. The summed E-state index contributed by atoms with van der Waals surface area (Å²) in [6.07, 6.45) is 3.61. The molecule has 1 N–H and O–H groups in total. The van der Waals surface area contributed by atoms with Crippen LogP contribution in [0.2, 0.25) is 0 Å². The SMILES string of the molecule is O=S(=O)(NC1C2CCCC21)c1ccc(Br)cc1. The number of hydrogen-bond donors (Lipinski definition) is 1. The van der Waals surface area contributed by atoms with E-state index in [9.17, 15) is 8.42 Å². The summed E-state index contributed by atoms with van der Waals surface area (Å²) < 4.78 is 27.9. The minimum Gasteiger partial charge on any atom is -0.207 e. The Morgan fingerprint density at radius 1 is 1.12 bits per heavy atom. The quantitative estimate of drug-likeness (QED) is 0.931. The zero-order valence-electron chi connectivity index (χ0n) is 9.27. The van der Waals surface area contributed by atoms with Crippen LogP contribution >= 0.6 is 15.9 Å². The van der Waals surface area contributed by atoms with Crippen molar-refractivity contribution < 1.29 is 8.42 Å². The zero-order chi connectivity index (χ0) is 12.0. The first-order valence-corrected chi connectivity index (χ1v) is 8.13. The van der Waals surface area contributed by atoms with Gasteiger partial charge in [-0.2, -0.15) is 0 Å². The lowest BCUT2D eigenvalue weighted by atomic mass is 10.2. The number of sulfonamides is 1. The van der Waals surface area contributed by atoms with E-state index < -0.39 is 10.0 Å². The monoisotopic (exact) mass is 315 g/mol. The molecular weight excluding hydrogens is 302 g/mol. The van der Waals surface area contributed by atoms with Crippen LogP contribution in [0.4, 0.5) is 0 Å². The molecule has 5 heteroatoms. The molecule has 0 amide bonds. The fraction of sp³-hybridized carbons (Fsp3) is 0.500. The number of nitrogens with one attached hydrogen (secondary N) is 1. The Hall–Kier alpha value is -0.390. The van der Waals surface area contributed by atoms with Crippen LogP contribution in [0.1, 0.15) is 19.3 Å². The number of halogens is 1. The van der Waals surface area contributed by atoms with Gasteiger partial charge in [0.05, 0.1) is 4.90 Å². The Kier molecular flexibility index (Phi) is 2.80. The summed E-state index contributed by atoms with van der Waals surface area (Å²) >= 11 is 3.30. The first-order chi connectivity index (χ1) is 8.08. The van der Waals surface area contributed by atoms with E-state index in [1.54, 1.807) is 24.3 Å². The molecule has 2 atom stereocenters. The van der Waals surface area contributed by atoms with Crippen molar-refractivity contribution in [1.82, 2.24) is 4.72 Å². The highest BCUT2D eigenvalue weighted by Crippen LogP contribution is 2.52. The van der Waals surface area contributed by atoms with Crippen LogP contribution < -0.4 is 4.72 Å². The van der Waals surface area contributed by atoms with E-state index >= 15 is 0 Å². The van der Waals surface area contributed by atoms with Gasteiger partial charge in [-0.3, -0.25) is 0 Å². The van der Waals surface area contributed by atoms with Crippen LogP contribution in [-0.4, -0.2) is 14.5 Å². The molecule has 0 heterocycles. The highest BCUT2D eigenvalue weighted by atomic mass is 79.9. The number of rotatable bonds is 3. The fourth-order valence-corrected chi connectivity index (χ4v) is 4.46. The van der Waals surface area contributed by atoms with Gasteiger partial charge in [-0.25, -0.2) is 13.1 Å². The maximum absolute atomic E-state index is 12.1. The molecule has 2 unspecified atom stereocenters. The molecule has 0 aromatic heterocycles. The Morgan fingerprint density at radius 3 is 2.29 bits per heavy atom. The summed E-state index contributed by atoms with van der Waals surface area (Å²) in [5.74, 6) is 1.19. The summed E-state index contributed by atoms with van der Waals surface area (Å²) in [7, 11) is -3.33. The second-order valence-corrected chi connectivity index (χ2v) is 7.49. The first kappa shape index (κ1) is 11.7. The Morgan fingerprint density at radius 2 is 1.71 bits per heavy atom. The molecule has 2 aliphatic rings. The second kappa shape index (κ2) is 4.07. The first-order valence-electron chi connectivity index (χ1n) is 5.86. The maximum atomic E-state index is 12.1. The molecule has 3 rings (SSSR count). The van der Waals surface area contributed by atoms with Crippen LogP contribution in [0.5, 0.6) is 0 Å².